The zero-order valence-corrected chi connectivity index (χ0v) is 16.9. The third-order valence-electron chi connectivity index (χ3n) is 4.74. The van der Waals surface area contributed by atoms with Gasteiger partial charge in [0, 0.05) is 17.6 Å². The molecule has 0 N–H and O–H groups in total. The van der Waals surface area contributed by atoms with Gasteiger partial charge in [-0.25, -0.2) is 4.98 Å². The van der Waals surface area contributed by atoms with Crippen LogP contribution in [-0.2, 0) is 6.54 Å². The van der Waals surface area contributed by atoms with Crippen molar-refractivity contribution in [3.8, 4) is 5.75 Å². The van der Waals surface area contributed by atoms with Crippen molar-refractivity contribution in [2.24, 2.45) is 0 Å². The van der Waals surface area contributed by atoms with Crippen LogP contribution < -0.4 is 9.64 Å². The quantitative estimate of drug-likeness (QED) is 0.390. The van der Waals surface area contributed by atoms with Crippen LogP contribution in [0.1, 0.15) is 16.2 Å². The van der Waals surface area contributed by atoms with Crippen LogP contribution in [0.25, 0.3) is 21.2 Å². The van der Waals surface area contributed by atoms with Gasteiger partial charge in [-0.3, -0.25) is 14.7 Å². The molecule has 0 fully saturated rings. The molecule has 0 atom stereocenters. The zero-order valence-electron chi connectivity index (χ0n) is 16.1. The second kappa shape index (κ2) is 7.61. The van der Waals surface area contributed by atoms with Crippen molar-refractivity contribution in [3.63, 3.8) is 0 Å². The van der Waals surface area contributed by atoms with Crippen molar-refractivity contribution in [1.29, 1.82) is 0 Å². The highest BCUT2D eigenvalue weighted by Gasteiger charge is 2.25. The lowest BCUT2D eigenvalue weighted by Crippen LogP contribution is -2.30. The molecule has 30 heavy (non-hydrogen) atoms. The Kier molecular flexibility index (Phi) is 4.65. The van der Waals surface area contributed by atoms with Crippen LogP contribution in [0.5, 0.6) is 5.75 Å². The monoisotopic (exact) mass is 415 g/mol. The Morgan fingerprint density at radius 1 is 1.10 bits per heavy atom. The molecule has 0 aliphatic heterocycles. The van der Waals surface area contributed by atoms with Gasteiger partial charge in [0.25, 0.3) is 5.91 Å². The number of pyridine rings is 1. The van der Waals surface area contributed by atoms with Crippen molar-refractivity contribution in [3.05, 3.63) is 84.4 Å². The number of carbonyl (C=O) groups excluding carboxylic acids is 1. The first kappa shape index (κ1) is 18.3. The van der Waals surface area contributed by atoms with Gasteiger partial charge in [-0.2, -0.15) is 0 Å². The predicted molar refractivity (Wildman–Crippen MR) is 117 cm³/mol. The van der Waals surface area contributed by atoms with Crippen LogP contribution in [0, 0.1) is 0 Å². The number of para-hydroxylation sites is 1. The molecule has 7 heteroatoms. The van der Waals surface area contributed by atoms with Gasteiger partial charge in [-0.1, -0.05) is 35.6 Å². The van der Waals surface area contributed by atoms with Crippen molar-refractivity contribution in [2.75, 3.05) is 12.0 Å². The van der Waals surface area contributed by atoms with E-state index in [4.69, 9.17) is 14.1 Å². The third-order valence-corrected chi connectivity index (χ3v) is 5.80. The van der Waals surface area contributed by atoms with E-state index in [1.165, 1.54) is 11.3 Å². The first-order valence-electron chi connectivity index (χ1n) is 9.36. The number of hydrogen-bond donors (Lipinski definition) is 0. The first-order chi connectivity index (χ1) is 14.7. The standard InChI is InChI=1S/C23H17N3O3S/c1-28-17-9-10-21-18(13-17)25-23(30-21)26(14-16-7-4-5-11-24-16)22(27)20-12-15-6-2-3-8-19(15)29-20/h2-13H,14H2,1H3. The number of amides is 1. The summed E-state index contributed by atoms with van der Waals surface area (Å²) in [5.41, 5.74) is 2.21. The fraction of sp³-hybridized carbons (Fsp3) is 0.0870. The summed E-state index contributed by atoms with van der Waals surface area (Å²) >= 11 is 1.44. The largest absolute Gasteiger partial charge is 0.497 e. The van der Waals surface area contributed by atoms with Crippen LogP contribution in [-0.4, -0.2) is 23.0 Å². The van der Waals surface area contributed by atoms with Crippen LogP contribution in [0.2, 0.25) is 0 Å². The van der Waals surface area contributed by atoms with Crippen LogP contribution in [0.15, 0.2) is 77.3 Å². The van der Waals surface area contributed by atoms with Crippen LogP contribution in [0.4, 0.5) is 5.13 Å². The number of methoxy groups -OCH3 is 1. The van der Waals surface area contributed by atoms with Gasteiger partial charge < -0.3 is 9.15 Å². The van der Waals surface area contributed by atoms with E-state index < -0.39 is 0 Å². The summed E-state index contributed by atoms with van der Waals surface area (Å²) < 4.78 is 12.1. The highest BCUT2D eigenvalue weighted by atomic mass is 32.1. The van der Waals surface area contributed by atoms with E-state index in [1.54, 1.807) is 24.3 Å². The zero-order chi connectivity index (χ0) is 20.5. The summed E-state index contributed by atoms with van der Waals surface area (Å²) in [5.74, 6) is 0.728. The molecular weight excluding hydrogens is 398 g/mol. The average Bonchev–Trinajstić information content (AvgIpc) is 3.41. The van der Waals surface area contributed by atoms with Gasteiger partial charge in [-0.15, -0.1) is 0 Å². The minimum Gasteiger partial charge on any atom is -0.497 e. The maximum atomic E-state index is 13.5. The summed E-state index contributed by atoms with van der Waals surface area (Å²) in [6.07, 6.45) is 1.71. The third kappa shape index (κ3) is 3.40. The molecule has 5 rings (SSSR count). The molecule has 0 aliphatic carbocycles. The molecule has 0 saturated carbocycles. The minimum absolute atomic E-state index is 0.261. The molecule has 3 heterocycles. The Bertz CT molecular complexity index is 1310. The molecule has 0 aliphatic rings. The van der Waals surface area contributed by atoms with E-state index >= 15 is 0 Å². The fourth-order valence-corrected chi connectivity index (χ4v) is 4.18. The number of rotatable bonds is 5. The van der Waals surface area contributed by atoms with E-state index in [-0.39, 0.29) is 18.2 Å². The molecule has 2 aromatic carbocycles. The maximum absolute atomic E-state index is 13.5. The molecule has 5 aromatic rings. The number of hydrogen-bond acceptors (Lipinski definition) is 6. The van der Waals surface area contributed by atoms with Crippen LogP contribution >= 0.6 is 11.3 Å². The van der Waals surface area contributed by atoms with E-state index in [0.717, 1.165) is 27.0 Å². The number of anilines is 1. The summed E-state index contributed by atoms with van der Waals surface area (Å²) in [6.45, 7) is 0.285. The fourth-order valence-electron chi connectivity index (χ4n) is 3.24. The maximum Gasteiger partial charge on any atom is 0.296 e. The van der Waals surface area contributed by atoms with Gasteiger partial charge in [0.2, 0.25) is 0 Å². The van der Waals surface area contributed by atoms with Gasteiger partial charge in [-0.05, 0) is 36.4 Å². The lowest BCUT2D eigenvalue weighted by atomic mass is 10.2. The van der Waals surface area contributed by atoms with Gasteiger partial charge in [0.05, 0.1) is 29.6 Å². The number of carbonyl (C=O) groups is 1. The molecule has 148 valence electrons. The normalized spacial score (nSPS) is 11.1. The Labute approximate surface area is 176 Å². The van der Waals surface area contributed by atoms with Crippen molar-refractivity contribution >= 4 is 43.6 Å². The van der Waals surface area contributed by atoms with E-state index in [1.807, 2.05) is 60.7 Å². The first-order valence-corrected chi connectivity index (χ1v) is 10.2. The van der Waals surface area contributed by atoms with Crippen molar-refractivity contribution in [1.82, 2.24) is 9.97 Å². The minimum atomic E-state index is -0.261. The summed E-state index contributed by atoms with van der Waals surface area (Å²) in [6, 6.07) is 20.6. The summed E-state index contributed by atoms with van der Waals surface area (Å²) in [5, 5.41) is 1.46. The SMILES string of the molecule is COc1ccc2sc(N(Cc3ccccn3)C(=O)c3cc4ccccc4o3)nc2c1. The summed E-state index contributed by atoms with van der Waals surface area (Å²) in [4.78, 5) is 24.1. The van der Waals surface area contributed by atoms with Crippen LogP contribution in [0.3, 0.4) is 0 Å². The number of thiazole rings is 1. The molecule has 0 spiro atoms. The van der Waals surface area contributed by atoms with Crippen molar-refractivity contribution in [2.45, 2.75) is 6.54 Å². The second-order valence-corrected chi connectivity index (χ2v) is 7.70. The number of furan rings is 1. The molecule has 3 aromatic heterocycles. The number of benzene rings is 2. The number of fused-ring (bicyclic) bond motifs is 2. The average molecular weight is 415 g/mol. The number of nitrogens with zero attached hydrogens (tertiary/aromatic N) is 3. The number of ether oxygens (including phenoxy) is 1. The molecule has 0 radical (unpaired) electrons. The van der Waals surface area contributed by atoms with E-state index in [0.29, 0.717) is 10.7 Å². The van der Waals surface area contributed by atoms with Gasteiger partial charge in [0.1, 0.15) is 11.3 Å². The Morgan fingerprint density at radius 2 is 1.97 bits per heavy atom. The Hall–Kier alpha value is -3.71. The topological polar surface area (TPSA) is 68.5 Å². The van der Waals surface area contributed by atoms with Gasteiger partial charge >= 0.3 is 0 Å². The molecule has 0 unspecified atom stereocenters. The molecule has 0 saturated heterocycles. The lowest BCUT2D eigenvalue weighted by Gasteiger charge is -2.18. The van der Waals surface area contributed by atoms with Gasteiger partial charge in [0.15, 0.2) is 10.9 Å². The molecule has 1 amide bonds. The smallest absolute Gasteiger partial charge is 0.296 e. The molecular formula is C23H17N3O3S. The highest BCUT2D eigenvalue weighted by molar-refractivity contribution is 7.22. The number of aromatic nitrogens is 2. The van der Waals surface area contributed by atoms with E-state index in [2.05, 4.69) is 4.98 Å². The lowest BCUT2D eigenvalue weighted by molar-refractivity contribution is 0.0960. The Balaban J connectivity index is 1.58. The molecule has 6 nitrogen and oxygen atoms in total. The second-order valence-electron chi connectivity index (χ2n) is 6.69. The molecule has 0 bridgehead atoms. The van der Waals surface area contributed by atoms with E-state index in [9.17, 15) is 4.79 Å². The van der Waals surface area contributed by atoms with Crippen molar-refractivity contribution < 1.29 is 13.9 Å². The summed E-state index contributed by atoms with van der Waals surface area (Å²) in [7, 11) is 1.62. The Morgan fingerprint density at radius 3 is 2.77 bits per heavy atom. The predicted octanol–water partition coefficient (Wildman–Crippen LogP) is 5.29. The highest BCUT2D eigenvalue weighted by Crippen LogP contribution is 2.33.